The first-order chi connectivity index (χ1) is 9.29. The van der Waals surface area contributed by atoms with E-state index in [0.717, 1.165) is 37.2 Å². The number of hydrogen-bond acceptors (Lipinski definition) is 3. The molecule has 1 aromatic rings. The molecule has 1 amide bonds. The fourth-order valence-corrected chi connectivity index (χ4v) is 2.32. The lowest BCUT2D eigenvalue weighted by Gasteiger charge is -2.21. The molecule has 0 unspecified atom stereocenters. The summed E-state index contributed by atoms with van der Waals surface area (Å²) in [6.45, 7) is 5.01. The normalized spacial score (nSPS) is 18.9. The van der Waals surface area contributed by atoms with Crippen LogP contribution in [0.25, 0.3) is 0 Å². The standard InChI is InChI=1S/C15H22N2O2/c1-2-19-14-7-3-5-12(9-14)10-17-15(18)13-6-4-8-16-11-13/h3,5,7,9,13,16H,2,4,6,8,10-11H2,1H3,(H,17,18)/t13-/m1/s1. The van der Waals surface area contributed by atoms with Crippen molar-refractivity contribution in [2.45, 2.75) is 26.3 Å². The molecule has 0 aliphatic carbocycles. The van der Waals surface area contributed by atoms with Gasteiger partial charge in [-0.1, -0.05) is 12.1 Å². The van der Waals surface area contributed by atoms with Gasteiger partial charge in [-0.25, -0.2) is 0 Å². The highest BCUT2D eigenvalue weighted by molar-refractivity contribution is 5.78. The molecule has 0 radical (unpaired) electrons. The molecule has 1 aliphatic rings. The van der Waals surface area contributed by atoms with Gasteiger partial charge in [-0.05, 0) is 44.0 Å². The maximum absolute atomic E-state index is 12.0. The minimum atomic E-state index is 0.115. The highest BCUT2D eigenvalue weighted by atomic mass is 16.5. The van der Waals surface area contributed by atoms with E-state index in [4.69, 9.17) is 4.74 Å². The summed E-state index contributed by atoms with van der Waals surface area (Å²) in [7, 11) is 0. The molecule has 1 aliphatic heterocycles. The first kappa shape index (κ1) is 13.9. The quantitative estimate of drug-likeness (QED) is 0.849. The van der Waals surface area contributed by atoms with E-state index < -0.39 is 0 Å². The molecule has 0 bridgehead atoms. The minimum Gasteiger partial charge on any atom is -0.494 e. The Kier molecular flexibility index (Phi) is 5.21. The van der Waals surface area contributed by atoms with Crippen LogP contribution in [0, 0.1) is 5.92 Å². The molecular weight excluding hydrogens is 240 g/mol. The Morgan fingerprint density at radius 1 is 1.53 bits per heavy atom. The number of carbonyl (C=O) groups excluding carboxylic acids is 1. The molecule has 1 atom stereocenters. The van der Waals surface area contributed by atoms with Crippen molar-refractivity contribution >= 4 is 5.91 Å². The van der Waals surface area contributed by atoms with Crippen molar-refractivity contribution in [3.8, 4) is 5.75 Å². The van der Waals surface area contributed by atoms with Crippen molar-refractivity contribution in [3.05, 3.63) is 29.8 Å². The van der Waals surface area contributed by atoms with Crippen molar-refractivity contribution in [1.29, 1.82) is 0 Å². The fraction of sp³-hybridized carbons (Fsp3) is 0.533. The lowest BCUT2D eigenvalue weighted by Crippen LogP contribution is -2.40. The summed E-state index contributed by atoms with van der Waals surface area (Å²) in [4.78, 5) is 12.0. The molecule has 1 heterocycles. The van der Waals surface area contributed by atoms with Gasteiger partial charge in [0.05, 0.1) is 12.5 Å². The van der Waals surface area contributed by atoms with Gasteiger partial charge in [-0.3, -0.25) is 4.79 Å². The molecule has 19 heavy (non-hydrogen) atoms. The van der Waals surface area contributed by atoms with Gasteiger partial charge >= 0.3 is 0 Å². The topological polar surface area (TPSA) is 50.4 Å². The van der Waals surface area contributed by atoms with Crippen molar-refractivity contribution in [2.24, 2.45) is 5.92 Å². The number of carbonyl (C=O) groups is 1. The summed E-state index contributed by atoms with van der Waals surface area (Å²) >= 11 is 0. The Morgan fingerprint density at radius 3 is 3.16 bits per heavy atom. The second-order valence-corrected chi connectivity index (χ2v) is 4.84. The Balaban J connectivity index is 1.83. The number of amides is 1. The molecule has 1 fully saturated rings. The highest BCUT2D eigenvalue weighted by Gasteiger charge is 2.20. The molecule has 1 aromatic carbocycles. The van der Waals surface area contributed by atoms with E-state index in [0.29, 0.717) is 13.2 Å². The number of ether oxygens (including phenoxy) is 1. The smallest absolute Gasteiger partial charge is 0.224 e. The van der Waals surface area contributed by atoms with Crippen LogP contribution >= 0.6 is 0 Å². The van der Waals surface area contributed by atoms with Gasteiger partial charge in [0.1, 0.15) is 5.75 Å². The summed E-state index contributed by atoms with van der Waals surface area (Å²) in [5.41, 5.74) is 1.07. The van der Waals surface area contributed by atoms with Crippen molar-refractivity contribution in [1.82, 2.24) is 10.6 Å². The van der Waals surface area contributed by atoms with Gasteiger partial charge in [0.2, 0.25) is 5.91 Å². The third-order valence-corrected chi connectivity index (χ3v) is 3.34. The van der Waals surface area contributed by atoms with Gasteiger partial charge in [-0.15, -0.1) is 0 Å². The first-order valence-corrected chi connectivity index (χ1v) is 6.99. The largest absolute Gasteiger partial charge is 0.494 e. The van der Waals surface area contributed by atoms with Gasteiger partial charge in [0.25, 0.3) is 0 Å². The summed E-state index contributed by atoms with van der Waals surface area (Å²) in [5.74, 6) is 1.12. The minimum absolute atomic E-state index is 0.115. The van der Waals surface area contributed by atoms with E-state index in [1.807, 2.05) is 31.2 Å². The fourth-order valence-electron chi connectivity index (χ4n) is 2.32. The Hall–Kier alpha value is -1.55. The number of benzene rings is 1. The van der Waals surface area contributed by atoms with Crippen LogP contribution in [0.1, 0.15) is 25.3 Å². The molecule has 0 aromatic heterocycles. The monoisotopic (exact) mass is 262 g/mol. The number of rotatable bonds is 5. The number of nitrogens with one attached hydrogen (secondary N) is 2. The first-order valence-electron chi connectivity index (χ1n) is 6.99. The van der Waals surface area contributed by atoms with E-state index >= 15 is 0 Å². The van der Waals surface area contributed by atoms with Gasteiger partial charge in [0, 0.05) is 13.1 Å². The van der Waals surface area contributed by atoms with Crippen LogP contribution in [0.15, 0.2) is 24.3 Å². The summed E-state index contributed by atoms with van der Waals surface area (Å²) in [6, 6.07) is 7.86. The highest BCUT2D eigenvalue weighted by Crippen LogP contribution is 2.14. The average molecular weight is 262 g/mol. The molecule has 2 N–H and O–H groups in total. The third kappa shape index (κ3) is 4.24. The molecule has 1 saturated heterocycles. The van der Waals surface area contributed by atoms with E-state index in [2.05, 4.69) is 10.6 Å². The zero-order chi connectivity index (χ0) is 13.5. The number of hydrogen-bond donors (Lipinski definition) is 2. The second-order valence-electron chi connectivity index (χ2n) is 4.84. The summed E-state index contributed by atoms with van der Waals surface area (Å²) < 4.78 is 5.45. The zero-order valence-electron chi connectivity index (χ0n) is 11.4. The second kappa shape index (κ2) is 7.14. The van der Waals surface area contributed by atoms with Crippen LogP contribution in [0.5, 0.6) is 5.75 Å². The van der Waals surface area contributed by atoms with Gasteiger partial charge in [0.15, 0.2) is 0 Å². The Labute approximate surface area is 114 Å². The van der Waals surface area contributed by atoms with E-state index in [1.54, 1.807) is 0 Å². The summed E-state index contributed by atoms with van der Waals surface area (Å²) in [6.07, 6.45) is 2.07. The van der Waals surface area contributed by atoms with Crippen molar-refractivity contribution in [3.63, 3.8) is 0 Å². The molecule has 0 spiro atoms. The van der Waals surface area contributed by atoms with Crippen molar-refractivity contribution in [2.75, 3.05) is 19.7 Å². The third-order valence-electron chi connectivity index (χ3n) is 3.34. The van der Waals surface area contributed by atoms with Crippen LogP contribution in [0.2, 0.25) is 0 Å². The van der Waals surface area contributed by atoms with E-state index in [9.17, 15) is 4.79 Å². The van der Waals surface area contributed by atoms with Crippen LogP contribution in [0.3, 0.4) is 0 Å². The molecule has 0 saturated carbocycles. The Morgan fingerprint density at radius 2 is 2.42 bits per heavy atom. The SMILES string of the molecule is CCOc1cccc(CNC(=O)[C@@H]2CCCNC2)c1. The van der Waals surface area contributed by atoms with Crippen LogP contribution in [0.4, 0.5) is 0 Å². The molecule has 4 heteroatoms. The molecule has 4 nitrogen and oxygen atoms in total. The zero-order valence-corrected chi connectivity index (χ0v) is 11.4. The van der Waals surface area contributed by atoms with Gasteiger partial charge in [-0.2, -0.15) is 0 Å². The Bertz CT molecular complexity index is 414. The van der Waals surface area contributed by atoms with E-state index in [-0.39, 0.29) is 11.8 Å². The summed E-state index contributed by atoms with van der Waals surface area (Å²) in [5, 5.41) is 6.26. The van der Waals surface area contributed by atoms with Crippen LogP contribution in [-0.4, -0.2) is 25.6 Å². The lowest BCUT2D eigenvalue weighted by atomic mass is 9.99. The van der Waals surface area contributed by atoms with Crippen molar-refractivity contribution < 1.29 is 9.53 Å². The maximum Gasteiger partial charge on any atom is 0.224 e. The molecule has 2 rings (SSSR count). The lowest BCUT2D eigenvalue weighted by molar-refractivity contribution is -0.125. The predicted octanol–water partition coefficient (Wildman–Crippen LogP) is 1.70. The molecule has 104 valence electrons. The maximum atomic E-state index is 12.0. The van der Waals surface area contributed by atoms with E-state index in [1.165, 1.54) is 0 Å². The predicted molar refractivity (Wildman–Crippen MR) is 75.1 cm³/mol. The van der Waals surface area contributed by atoms with Gasteiger partial charge < -0.3 is 15.4 Å². The number of piperidine rings is 1. The molecular formula is C15H22N2O2. The van der Waals surface area contributed by atoms with Crippen LogP contribution < -0.4 is 15.4 Å². The van der Waals surface area contributed by atoms with Crippen LogP contribution in [-0.2, 0) is 11.3 Å². The average Bonchev–Trinajstić information content (AvgIpc) is 2.46.